The first-order valence-corrected chi connectivity index (χ1v) is 5.40. The van der Waals surface area contributed by atoms with Crippen LogP contribution in [0, 0.1) is 20.8 Å². The first kappa shape index (κ1) is 10.7. The van der Waals surface area contributed by atoms with Gasteiger partial charge in [0.1, 0.15) is 0 Å². The van der Waals surface area contributed by atoms with E-state index in [1.807, 2.05) is 48.9 Å². The molecule has 0 aliphatic carbocycles. The van der Waals surface area contributed by atoms with Gasteiger partial charge in [-0.15, -0.1) is 0 Å². The summed E-state index contributed by atoms with van der Waals surface area (Å²) in [5, 5.41) is 0. The third-order valence-electron chi connectivity index (χ3n) is 2.45. The molecule has 0 fully saturated rings. The quantitative estimate of drug-likeness (QED) is 0.701. The molecule has 2 rings (SSSR count). The summed E-state index contributed by atoms with van der Waals surface area (Å²) < 4.78 is 1.85. The van der Waals surface area contributed by atoms with E-state index in [9.17, 15) is 0 Å². The van der Waals surface area contributed by atoms with E-state index in [0.29, 0.717) is 0 Å². The zero-order valence-corrected chi connectivity index (χ0v) is 9.90. The van der Waals surface area contributed by atoms with Gasteiger partial charge in [0.2, 0.25) is 17.1 Å². The number of benzene rings is 1. The van der Waals surface area contributed by atoms with Gasteiger partial charge in [0, 0.05) is 30.7 Å². The Bertz CT molecular complexity index is 468. The Balaban J connectivity index is 2.35. The maximum absolute atomic E-state index is 5.81. The second-order valence-corrected chi connectivity index (χ2v) is 4.01. The van der Waals surface area contributed by atoms with E-state index >= 15 is 0 Å². The average Bonchev–Trinajstić information content (AvgIpc) is 2.25. The van der Waals surface area contributed by atoms with Gasteiger partial charge in [0.05, 0.1) is 0 Å². The Labute approximate surface area is 96.1 Å². The van der Waals surface area contributed by atoms with Crippen LogP contribution in [0.4, 0.5) is 0 Å². The predicted octanol–water partition coefficient (Wildman–Crippen LogP) is 2.74. The van der Waals surface area contributed by atoms with Crippen LogP contribution in [0.2, 0.25) is 0 Å². The minimum absolute atomic E-state index is 0.850. The summed E-state index contributed by atoms with van der Waals surface area (Å²) in [6, 6.07) is 14.0. The van der Waals surface area contributed by atoms with Crippen LogP contribution in [-0.4, -0.2) is 0 Å². The fraction of sp³-hybridized carbons (Fsp3) is 0.214. The van der Waals surface area contributed by atoms with Crippen LogP contribution in [0.15, 0.2) is 42.5 Å². The molecule has 0 N–H and O–H groups in total. The van der Waals surface area contributed by atoms with E-state index in [4.69, 9.17) is 4.84 Å². The van der Waals surface area contributed by atoms with E-state index in [0.717, 1.165) is 17.1 Å². The first-order valence-electron chi connectivity index (χ1n) is 5.40. The number of hydrogen-bond donors (Lipinski definition) is 0. The lowest BCUT2D eigenvalue weighted by molar-refractivity contribution is -0.883. The van der Waals surface area contributed by atoms with Gasteiger partial charge in [-0.05, 0) is 24.6 Å². The lowest BCUT2D eigenvalue weighted by Gasteiger charge is -2.03. The lowest BCUT2D eigenvalue weighted by Crippen LogP contribution is -2.45. The molecule has 0 saturated heterocycles. The Hall–Kier alpha value is -1.83. The van der Waals surface area contributed by atoms with Crippen molar-refractivity contribution in [1.29, 1.82) is 0 Å². The second-order valence-electron chi connectivity index (χ2n) is 4.01. The molecule has 2 nitrogen and oxygen atoms in total. The van der Waals surface area contributed by atoms with Crippen LogP contribution in [-0.2, 0) is 0 Å². The molecule has 2 heteroatoms. The molecule has 0 atom stereocenters. The highest BCUT2D eigenvalue weighted by molar-refractivity contribution is 5.20. The molecular weight excluding hydrogens is 198 g/mol. The summed E-state index contributed by atoms with van der Waals surface area (Å²) in [6.45, 7) is 6.18. The van der Waals surface area contributed by atoms with E-state index in [1.54, 1.807) is 0 Å². The SMILES string of the molecule is Cc1cc(C)[n+](Oc2ccccc2)c(C)c1. The molecule has 0 aliphatic heterocycles. The standard InChI is InChI=1S/C14H16NO/c1-11-9-12(2)15(13(3)10-11)16-14-7-5-4-6-8-14/h4-10H,1-3H3/q+1. The molecule has 0 aliphatic rings. The minimum atomic E-state index is 0.850. The summed E-state index contributed by atoms with van der Waals surface area (Å²) in [4.78, 5) is 5.81. The van der Waals surface area contributed by atoms with Crippen molar-refractivity contribution in [3.05, 3.63) is 59.4 Å². The number of para-hydroxylation sites is 1. The number of aromatic nitrogens is 1. The minimum Gasteiger partial charge on any atom is -0.231 e. The smallest absolute Gasteiger partial charge is 0.231 e. The van der Waals surface area contributed by atoms with E-state index in [-0.39, 0.29) is 0 Å². The van der Waals surface area contributed by atoms with Crippen LogP contribution in [0.25, 0.3) is 0 Å². The van der Waals surface area contributed by atoms with Crippen LogP contribution < -0.4 is 9.57 Å². The van der Waals surface area contributed by atoms with Crippen molar-refractivity contribution in [2.45, 2.75) is 20.8 Å². The van der Waals surface area contributed by atoms with Crippen LogP contribution >= 0.6 is 0 Å². The molecule has 0 spiro atoms. The van der Waals surface area contributed by atoms with Gasteiger partial charge in [-0.3, -0.25) is 0 Å². The van der Waals surface area contributed by atoms with Crippen molar-refractivity contribution in [3.63, 3.8) is 0 Å². The third kappa shape index (κ3) is 2.22. The van der Waals surface area contributed by atoms with Gasteiger partial charge < -0.3 is 0 Å². The number of nitrogens with zero attached hydrogens (tertiary/aromatic N) is 1. The van der Waals surface area contributed by atoms with Gasteiger partial charge in [-0.1, -0.05) is 18.2 Å². The van der Waals surface area contributed by atoms with Crippen molar-refractivity contribution in [1.82, 2.24) is 0 Å². The fourth-order valence-corrected chi connectivity index (χ4v) is 1.83. The van der Waals surface area contributed by atoms with Crippen molar-refractivity contribution in [2.24, 2.45) is 0 Å². The average molecular weight is 214 g/mol. The molecule has 82 valence electrons. The number of pyridine rings is 1. The normalized spacial score (nSPS) is 10.2. The van der Waals surface area contributed by atoms with E-state index < -0.39 is 0 Å². The monoisotopic (exact) mass is 214 g/mol. The molecule has 1 aromatic heterocycles. The molecule has 0 amide bonds. The molecule has 1 aromatic carbocycles. The van der Waals surface area contributed by atoms with E-state index in [2.05, 4.69) is 19.1 Å². The summed E-state index contributed by atoms with van der Waals surface area (Å²) in [5.74, 6) is 0.850. The van der Waals surface area contributed by atoms with Gasteiger partial charge >= 0.3 is 0 Å². The van der Waals surface area contributed by atoms with Crippen LogP contribution in [0.5, 0.6) is 5.75 Å². The molecule has 0 bridgehead atoms. The largest absolute Gasteiger partial charge is 0.232 e. The maximum atomic E-state index is 5.81. The Kier molecular flexibility index (Phi) is 2.91. The predicted molar refractivity (Wildman–Crippen MR) is 63.3 cm³/mol. The maximum Gasteiger partial charge on any atom is 0.232 e. The molecular formula is C14H16NO+. The van der Waals surface area contributed by atoms with Gasteiger partial charge in [0.15, 0.2) is 0 Å². The summed E-state index contributed by atoms with van der Waals surface area (Å²) in [6.07, 6.45) is 0. The summed E-state index contributed by atoms with van der Waals surface area (Å²) in [5.41, 5.74) is 3.45. The molecule has 2 aromatic rings. The van der Waals surface area contributed by atoms with Crippen molar-refractivity contribution in [3.8, 4) is 5.75 Å². The molecule has 16 heavy (non-hydrogen) atoms. The van der Waals surface area contributed by atoms with Gasteiger partial charge in [0.25, 0.3) is 0 Å². The lowest BCUT2D eigenvalue weighted by atomic mass is 10.2. The number of rotatable bonds is 2. The fourth-order valence-electron chi connectivity index (χ4n) is 1.83. The highest BCUT2D eigenvalue weighted by Crippen LogP contribution is 2.08. The van der Waals surface area contributed by atoms with Gasteiger partial charge in [-0.25, -0.2) is 4.84 Å². The number of aryl methyl sites for hydroxylation is 3. The summed E-state index contributed by atoms with van der Waals surface area (Å²) >= 11 is 0. The van der Waals surface area contributed by atoms with Crippen LogP contribution in [0.1, 0.15) is 17.0 Å². The zero-order valence-electron chi connectivity index (χ0n) is 9.90. The molecule has 0 radical (unpaired) electrons. The highest BCUT2D eigenvalue weighted by Gasteiger charge is 2.14. The Morgan fingerprint density at radius 3 is 2.00 bits per heavy atom. The highest BCUT2D eigenvalue weighted by atomic mass is 16.7. The number of hydrogen-bond acceptors (Lipinski definition) is 1. The Morgan fingerprint density at radius 2 is 1.44 bits per heavy atom. The van der Waals surface area contributed by atoms with Crippen molar-refractivity contribution in [2.75, 3.05) is 0 Å². The van der Waals surface area contributed by atoms with Gasteiger partial charge in [-0.2, -0.15) is 0 Å². The van der Waals surface area contributed by atoms with Crippen molar-refractivity contribution < 1.29 is 9.57 Å². The molecule has 1 heterocycles. The zero-order chi connectivity index (χ0) is 11.5. The second kappa shape index (κ2) is 4.35. The topological polar surface area (TPSA) is 13.1 Å². The summed E-state index contributed by atoms with van der Waals surface area (Å²) in [7, 11) is 0. The Morgan fingerprint density at radius 1 is 0.875 bits per heavy atom. The first-order chi connectivity index (χ1) is 7.66. The van der Waals surface area contributed by atoms with Crippen LogP contribution in [0.3, 0.4) is 0 Å². The molecule has 0 saturated carbocycles. The third-order valence-corrected chi connectivity index (χ3v) is 2.45. The van der Waals surface area contributed by atoms with E-state index in [1.165, 1.54) is 5.56 Å². The molecule has 0 unspecified atom stereocenters. The van der Waals surface area contributed by atoms with Crippen molar-refractivity contribution >= 4 is 0 Å².